The van der Waals surface area contributed by atoms with Gasteiger partial charge in [-0.1, -0.05) is 12.8 Å². The third-order valence-electron chi connectivity index (χ3n) is 3.31. The Kier molecular flexibility index (Phi) is 4.52. The van der Waals surface area contributed by atoms with E-state index in [9.17, 15) is 14.9 Å². The summed E-state index contributed by atoms with van der Waals surface area (Å²) in [5.74, 6) is 0.508. The van der Waals surface area contributed by atoms with Crippen LogP contribution < -0.4 is 4.74 Å². The first kappa shape index (κ1) is 14.0. The van der Waals surface area contributed by atoms with Crippen molar-refractivity contribution in [2.75, 3.05) is 6.61 Å². The van der Waals surface area contributed by atoms with Gasteiger partial charge >= 0.3 is 0 Å². The smallest absolute Gasteiger partial charge is 0.273 e. The molecular formula is C13H14BrNO4. The number of hydrogen-bond donors (Lipinski definition) is 0. The lowest BCUT2D eigenvalue weighted by Crippen LogP contribution is -2.19. The molecule has 1 aromatic rings. The van der Waals surface area contributed by atoms with Crippen LogP contribution in [0.5, 0.6) is 5.75 Å². The van der Waals surface area contributed by atoms with Gasteiger partial charge in [0.1, 0.15) is 12.4 Å². The number of non-ortho nitro benzene ring substituents is 1. The Bertz CT molecular complexity index is 497. The van der Waals surface area contributed by atoms with Crippen molar-refractivity contribution in [3.05, 3.63) is 32.8 Å². The summed E-state index contributed by atoms with van der Waals surface area (Å²) in [4.78, 5) is 22.1. The molecule has 1 saturated carbocycles. The van der Waals surface area contributed by atoms with E-state index in [2.05, 4.69) is 15.9 Å². The number of nitro groups is 1. The second-order valence-corrected chi connectivity index (χ2v) is 5.46. The predicted octanol–water partition coefficient (Wildman–Crippen LogP) is 3.50. The Morgan fingerprint density at radius 2 is 2.11 bits per heavy atom. The molecule has 0 N–H and O–H groups in total. The molecule has 6 heteroatoms. The molecule has 2 rings (SSSR count). The average molecular weight is 328 g/mol. The molecule has 102 valence electrons. The Balaban J connectivity index is 2.00. The van der Waals surface area contributed by atoms with Gasteiger partial charge in [0, 0.05) is 12.0 Å². The fraction of sp³-hybridized carbons (Fsp3) is 0.462. The molecule has 1 aromatic carbocycles. The summed E-state index contributed by atoms with van der Waals surface area (Å²) in [6, 6.07) is 4.26. The van der Waals surface area contributed by atoms with E-state index in [1.807, 2.05) is 0 Å². The van der Waals surface area contributed by atoms with Crippen LogP contribution >= 0.6 is 15.9 Å². The maximum Gasteiger partial charge on any atom is 0.273 e. The van der Waals surface area contributed by atoms with Gasteiger partial charge in [0.05, 0.1) is 15.5 Å². The van der Waals surface area contributed by atoms with E-state index in [-0.39, 0.29) is 24.0 Å². The first-order valence-corrected chi connectivity index (χ1v) is 6.96. The Labute approximate surface area is 119 Å². The predicted molar refractivity (Wildman–Crippen MR) is 73.3 cm³/mol. The molecule has 0 heterocycles. The molecule has 19 heavy (non-hydrogen) atoms. The zero-order chi connectivity index (χ0) is 13.8. The van der Waals surface area contributed by atoms with Crippen LogP contribution in [-0.4, -0.2) is 17.3 Å². The van der Waals surface area contributed by atoms with Gasteiger partial charge in [0.2, 0.25) is 0 Å². The van der Waals surface area contributed by atoms with Gasteiger partial charge in [-0.15, -0.1) is 0 Å². The lowest BCUT2D eigenvalue weighted by Gasteiger charge is -2.10. The number of ketones is 1. The van der Waals surface area contributed by atoms with Crippen molar-refractivity contribution in [2.45, 2.75) is 25.7 Å². The van der Waals surface area contributed by atoms with Crippen LogP contribution in [-0.2, 0) is 4.79 Å². The average Bonchev–Trinajstić information content (AvgIpc) is 2.91. The zero-order valence-corrected chi connectivity index (χ0v) is 11.9. The maximum absolute atomic E-state index is 11.9. The van der Waals surface area contributed by atoms with E-state index < -0.39 is 4.92 Å². The quantitative estimate of drug-likeness (QED) is 0.613. The highest BCUT2D eigenvalue weighted by Gasteiger charge is 2.23. The minimum atomic E-state index is -0.488. The summed E-state index contributed by atoms with van der Waals surface area (Å²) in [7, 11) is 0. The molecule has 0 unspecified atom stereocenters. The van der Waals surface area contributed by atoms with Gasteiger partial charge in [0.15, 0.2) is 5.78 Å². The van der Waals surface area contributed by atoms with Gasteiger partial charge in [-0.25, -0.2) is 0 Å². The molecule has 0 aliphatic heterocycles. The van der Waals surface area contributed by atoms with Gasteiger partial charge in [-0.3, -0.25) is 14.9 Å². The van der Waals surface area contributed by atoms with E-state index >= 15 is 0 Å². The molecule has 1 fully saturated rings. The monoisotopic (exact) mass is 327 g/mol. The minimum Gasteiger partial charge on any atom is -0.484 e. The highest BCUT2D eigenvalue weighted by atomic mass is 79.9. The molecule has 0 saturated heterocycles. The number of benzene rings is 1. The third kappa shape index (κ3) is 3.53. The van der Waals surface area contributed by atoms with Crippen LogP contribution in [0, 0.1) is 16.0 Å². The van der Waals surface area contributed by atoms with Crippen LogP contribution in [0.1, 0.15) is 25.7 Å². The second-order valence-electron chi connectivity index (χ2n) is 4.61. The Morgan fingerprint density at radius 1 is 1.42 bits per heavy atom. The number of Topliss-reactive ketones (excluding diaryl/α,β-unsaturated/α-hetero) is 1. The topological polar surface area (TPSA) is 69.4 Å². The van der Waals surface area contributed by atoms with Gasteiger partial charge in [-0.05, 0) is 34.8 Å². The molecule has 0 atom stereocenters. The summed E-state index contributed by atoms with van der Waals surface area (Å²) in [5, 5.41) is 10.7. The van der Waals surface area contributed by atoms with E-state index in [1.54, 1.807) is 6.07 Å². The summed E-state index contributed by atoms with van der Waals surface area (Å²) in [6.07, 6.45) is 4.05. The Morgan fingerprint density at radius 3 is 2.74 bits per heavy atom. The first-order chi connectivity index (χ1) is 9.08. The minimum absolute atomic E-state index is 0.0234. The van der Waals surface area contributed by atoms with E-state index in [0.717, 1.165) is 25.7 Å². The van der Waals surface area contributed by atoms with Crippen molar-refractivity contribution in [3.8, 4) is 5.75 Å². The van der Waals surface area contributed by atoms with Crippen LogP contribution in [0.4, 0.5) is 5.69 Å². The van der Waals surface area contributed by atoms with Crippen molar-refractivity contribution < 1.29 is 14.5 Å². The lowest BCUT2D eigenvalue weighted by atomic mass is 10.0. The highest BCUT2D eigenvalue weighted by Crippen LogP contribution is 2.30. The summed E-state index contributed by atoms with van der Waals surface area (Å²) in [6.45, 7) is -0.0234. The second kappa shape index (κ2) is 6.14. The highest BCUT2D eigenvalue weighted by molar-refractivity contribution is 9.10. The van der Waals surface area contributed by atoms with Gasteiger partial charge < -0.3 is 4.74 Å². The van der Waals surface area contributed by atoms with Gasteiger partial charge in [0.25, 0.3) is 5.69 Å². The molecule has 5 nitrogen and oxygen atoms in total. The van der Waals surface area contributed by atoms with Crippen LogP contribution in [0.15, 0.2) is 22.7 Å². The van der Waals surface area contributed by atoms with Crippen molar-refractivity contribution in [3.63, 3.8) is 0 Å². The number of nitrogens with zero attached hydrogens (tertiary/aromatic N) is 1. The SMILES string of the molecule is O=C(COc1cc([N+](=O)[O-])ccc1Br)C1CCCC1. The molecule has 1 aliphatic rings. The summed E-state index contributed by atoms with van der Waals surface area (Å²) < 4.78 is 6.01. The lowest BCUT2D eigenvalue weighted by molar-refractivity contribution is -0.385. The molecule has 1 aliphatic carbocycles. The third-order valence-corrected chi connectivity index (χ3v) is 3.96. The number of rotatable bonds is 5. The maximum atomic E-state index is 11.9. The fourth-order valence-corrected chi connectivity index (χ4v) is 2.59. The standard InChI is InChI=1S/C13H14BrNO4/c14-11-6-5-10(15(17)18)7-13(11)19-8-12(16)9-3-1-2-4-9/h5-7,9H,1-4,8H2. The normalized spacial score (nSPS) is 15.4. The number of ether oxygens (including phenoxy) is 1. The van der Waals surface area contributed by atoms with Crippen molar-refractivity contribution >= 4 is 27.4 Å². The van der Waals surface area contributed by atoms with E-state index in [1.165, 1.54) is 12.1 Å². The van der Waals surface area contributed by atoms with Crippen LogP contribution in [0.25, 0.3) is 0 Å². The molecular weight excluding hydrogens is 314 g/mol. The summed E-state index contributed by atoms with van der Waals surface area (Å²) >= 11 is 3.25. The van der Waals surface area contributed by atoms with Crippen LogP contribution in [0.3, 0.4) is 0 Å². The first-order valence-electron chi connectivity index (χ1n) is 6.17. The number of halogens is 1. The van der Waals surface area contributed by atoms with Gasteiger partial charge in [-0.2, -0.15) is 0 Å². The molecule has 0 spiro atoms. The van der Waals surface area contributed by atoms with Crippen molar-refractivity contribution in [1.29, 1.82) is 0 Å². The van der Waals surface area contributed by atoms with E-state index in [0.29, 0.717) is 10.2 Å². The Hall–Kier alpha value is -1.43. The number of carbonyl (C=O) groups is 1. The van der Waals surface area contributed by atoms with Crippen molar-refractivity contribution in [2.24, 2.45) is 5.92 Å². The largest absolute Gasteiger partial charge is 0.484 e. The number of nitro benzene ring substituents is 1. The number of hydrogen-bond acceptors (Lipinski definition) is 4. The molecule has 0 amide bonds. The molecule has 0 aromatic heterocycles. The molecule has 0 bridgehead atoms. The fourth-order valence-electron chi connectivity index (χ4n) is 2.23. The van der Waals surface area contributed by atoms with Crippen LogP contribution in [0.2, 0.25) is 0 Å². The molecule has 0 radical (unpaired) electrons. The zero-order valence-electron chi connectivity index (χ0n) is 10.3. The number of carbonyl (C=O) groups excluding carboxylic acids is 1. The van der Waals surface area contributed by atoms with Crippen molar-refractivity contribution in [1.82, 2.24) is 0 Å². The summed E-state index contributed by atoms with van der Waals surface area (Å²) in [5.41, 5.74) is -0.0495. The van der Waals surface area contributed by atoms with E-state index in [4.69, 9.17) is 4.74 Å².